The van der Waals surface area contributed by atoms with Crippen LogP contribution in [0.2, 0.25) is 0 Å². The number of nitrogens with zero attached hydrogens (tertiary/aromatic N) is 2. The van der Waals surface area contributed by atoms with E-state index in [4.69, 9.17) is 0 Å². The van der Waals surface area contributed by atoms with Gasteiger partial charge in [-0.05, 0) is 30.3 Å². The van der Waals surface area contributed by atoms with E-state index in [1.807, 2.05) is 0 Å². The first-order valence-corrected chi connectivity index (χ1v) is 8.78. The van der Waals surface area contributed by atoms with Gasteiger partial charge in [-0.2, -0.15) is 0 Å². The van der Waals surface area contributed by atoms with Crippen LogP contribution in [0.4, 0.5) is 8.78 Å². The van der Waals surface area contributed by atoms with Crippen molar-refractivity contribution in [3.8, 4) is 0 Å². The van der Waals surface area contributed by atoms with Gasteiger partial charge in [-0.15, -0.1) is 11.8 Å². The lowest BCUT2D eigenvalue weighted by Crippen LogP contribution is -2.24. The van der Waals surface area contributed by atoms with E-state index >= 15 is 0 Å². The molecule has 0 aliphatic carbocycles. The van der Waals surface area contributed by atoms with E-state index < -0.39 is 0 Å². The van der Waals surface area contributed by atoms with Gasteiger partial charge in [0.05, 0.1) is 17.6 Å². The van der Waals surface area contributed by atoms with Gasteiger partial charge in [0.2, 0.25) is 5.91 Å². The number of aryl methyl sites for hydroxylation is 1. The van der Waals surface area contributed by atoms with Crippen LogP contribution in [0.15, 0.2) is 47.4 Å². The van der Waals surface area contributed by atoms with E-state index in [2.05, 4.69) is 10.3 Å². The molecule has 0 aliphatic heterocycles. The van der Waals surface area contributed by atoms with Crippen molar-refractivity contribution in [3.05, 3.63) is 59.9 Å². The molecule has 1 aromatic heterocycles. The first-order valence-electron chi connectivity index (χ1n) is 7.79. The SMILES string of the molecule is Cn1c(CNC(=O)CCSc2ccccc2F)nc2ccc(F)cc21. The van der Waals surface area contributed by atoms with Crippen molar-refractivity contribution in [3.63, 3.8) is 0 Å². The highest BCUT2D eigenvalue weighted by Crippen LogP contribution is 2.21. The van der Waals surface area contributed by atoms with Gasteiger partial charge in [-0.1, -0.05) is 12.1 Å². The molecule has 0 atom stereocenters. The topological polar surface area (TPSA) is 46.9 Å². The molecular weight excluding hydrogens is 344 g/mol. The van der Waals surface area contributed by atoms with Crippen molar-refractivity contribution < 1.29 is 13.6 Å². The summed E-state index contributed by atoms with van der Waals surface area (Å²) in [6.07, 6.45) is 0.275. The number of nitrogens with one attached hydrogen (secondary N) is 1. The molecule has 0 radical (unpaired) electrons. The molecule has 130 valence electrons. The molecule has 0 unspecified atom stereocenters. The number of imidazole rings is 1. The molecule has 0 fully saturated rings. The third kappa shape index (κ3) is 4.17. The highest BCUT2D eigenvalue weighted by Gasteiger charge is 2.10. The number of amides is 1. The predicted octanol–water partition coefficient (Wildman–Crippen LogP) is 3.65. The maximum Gasteiger partial charge on any atom is 0.221 e. The summed E-state index contributed by atoms with van der Waals surface area (Å²) in [7, 11) is 1.78. The summed E-state index contributed by atoms with van der Waals surface area (Å²) in [5, 5.41) is 2.79. The van der Waals surface area contributed by atoms with E-state index in [1.165, 1.54) is 30.0 Å². The van der Waals surface area contributed by atoms with Crippen molar-refractivity contribution >= 4 is 28.7 Å². The quantitative estimate of drug-likeness (QED) is 0.682. The van der Waals surface area contributed by atoms with Gasteiger partial charge in [0, 0.05) is 24.1 Å². The minimum atomic E-state index is -0.323. The number of halogens is 2. The summed E-state index contributed by atoms with van der Waals surface area (Å²) in [5.41, 5.74) is 1.36. The molecule has 2 aromatic carbocycles. The monoisotopic (exact) mass is 361 g/mol. The fourth-order valence-electron chi connectivity index (χ4n) is 2.45. The maximum atomic E-state index is 13.5. The molecule has 1 N–H and O–H groups in total. The van der Waals surface area contributed by atoms with Crippen molar-refractivity contribution in [1.29, 1.82) is 0 Å². The van der Waals surface area contributed by atoms with Gasteiger partial charge in [0.15, 0.2) is 0 Å². The number of fused-ring (bicyclic) bond motifs is 1. The summed E-state index contributed by atoms with van der Waals surface area (Å²) in [4.78, 5) is 16.9. The third-order valence-corrected chi connectivity index (χ3v) is 4.85. The van der Waals surface area contributed by atoms with Crippen LogP contribution in [-0.2, 0) is 18.4 Å². The van der Waals surface area contributed by atoms with E-state index in [-0.39, 0.29) is 30.5 Å². The van der Waals surface area contributed by atoms with Crippen LogP contribution in [0.1, 0.15) is 12.2 Å². The summed E-state index contributed by atoms with van der Waals surface area (Å²) in [6.45, 7) is 0.260. The molecule has 0 saturated carbocycles. The Morgan fingerprint density at radius 2 is 2.04 bits per heavy atom. The second-order valence-electron chi connectivity index (χ2n) is 5.53. The number of thioether (sulfide) groups is 1. The van der Waals surface area contributed by atoms with Gasteiger partial charge in [-0.3, -0.25) is 4.79 Å². The maximum absolute atomic E-state index is 13.5. The standard InChI is InChI=1S/C18H17F2N3OS/c1-23-15-10-12(19)6-7-14(15)22-17(23)11-21-18(24)8-9-25-16-5-3-2-4-13(16)20/h2-7,10H,8-9,11H2,1H3,(H,21,24). The van der Waals surface area contributed by atoms with Crippen molar-refractivity contribution in [2.24, 2.45) is 7.05 Å². The highest BCUT2D eigenvalue weighted by atomic mass is 32.2. The molecule has 0 spiro atoms. The average Bonchev–Trinajstić information content (AvgIpc) is 2.90. The fourth-order valence-corrected chi connectivity index (χ4v) is 3.34. The average molecular weight is 361 g/mol. The first kappa shape index (κ1) is 17.4. The second-order valence-corrected chi connectivity index (χ2v) is 6.66. The Morgan fingerprint density at radius 1 is 1.24 bits per heavy atom. The number of hydrogen-bond acceptors (Lipinski definition) is 3. The molecule has 1 amide bonds. The van der Waals surface area contributed by atoms with Gasteiger partial charge < -0.3 is 9.88 Å². The Morgan fingerprint density at radius 3 is 2.84 bits per heavy atom. The molecule has 0 aliphatic rings. The predicted molar refractivity (Wildman–Crippen MR) is 94.3 cm³/mol. The molecular formula is C18H17F2N3OS. The Hall–Kier alpha value is -2.41. The molecule has 1 heterocycles. The second kappa shape index (κ2) is 7.65. The van der Waals surface area contributed by atoms with Crippen LogP contribution in [0.3, 0.4) is 0 Å². The third-order valence-electron chi connectivity index (χ3n) is 3.80. The van der Waals surface area contributed by atoms with Gasteiger partial charge in [0.25, 0.3) is 0 Å². The van der Waals surface area contributed by atoms with Crippen LogP contribution in [0, 0.1) is 11.6 Å². The number of aromatic nitrogens is 2. The lowest BCUT2D eigenvalue weighted by molar-refractivity contribution is -0.120. The number of hydrogen-bond donors (Lipinski definition) is 1. The lowest BCUT2D eigenvalue weighted by Gasteiger charge is -2.06. The first-order chi connectivity index (χ1) is 12.0. The molecule has 25 heavy (non-hydrogen) atoms. The molecule has 7 heteroatoms. The zero-order valence-electron chi connectivity index (χ0n) is 13.6. The number of benzene rings is 2. The smallest absolute Gasteiger partial charge is 0.221 e. The molecule has 0 saturated heterocycles. The highest BCUT2D eigenvalue weighted by molar-refractivity contribution is 7.99. The zero-order chi connectivity index (χ0) is 17.8. The van der Waals surface area contributed by atoms with Gasteiger partial charge in [0.1, 0.15) is 17.5 Å². The number of rotatable bonds is 6. The Kier molecular flexibility index (Phi) is 5.33. The molecule has 3 aromatic rings. The van der Waals surface area contributed by atoms with Gasteiger partial charge >= 0.3 is 0 Å². The number of carbonyl (C=O) groups is 1. The number of carbonyl (C=O) groups excluding carboxylic acids is 1. The lowest BCUT2D eigenvalue weighted by atomic mass is 10.3. The summed E-state index contributed by atoms with van der Waals surface area (Å²) in [6, 6.07) is 10.9. The van der Waals surface area contributed by atoms with E-state index in [0.29, 0.717) is 27.5 Å². The van der Waals surface area contributed by atoms with Crippen LogP contribution in [0.5, 0.6) is 0 Å². The molecule has 3 rings (SSSR count). The zero-order valence-corrected chi connectivity index (χ0v) is 14.4. The van der Waals surface area contributed by atoms with E-state index in [9.17, 15) is 13.6 Å². The van der Waals surface area contributed by atoms with Crippen LogP contribution >= 0.6 is 11.8 Å². The van der Waals surface area contributed by atoms with Crippen molar-refractivity contribution in [2.75, 3.05) is 5.75 Å². The van der Waals surface area contributed by atoms with E-state index in [1.54, 1.807) is 35.9 Å². The normalized spacial score (nSPS) is 11.0. The summed E-state index contributed by atoms with van der Waals surface area (Å²) in [5.74, 6) is 0.398. The Bertz CT molecular complexity index is 910. The van der Waals surface area contributed by atoms with Crippen molar-refractivity contribution in [1.82, 2.24) is 14.9 Å². The summed E-state index contributed by atoms with van der Waals surface area (Å²) >= 11 is 1.31. The minimum Gasteiger partial charge on any atom is -0.349 e. The fraction of sp³-hybridized carbons (Fsp3) is 0.222. The van der Waals surface area contributed by atoms with Crippen LogP contribution in [0.25, 0.3) is 11.0 Å². The van der Waals surface area contributed by atoms with Gasteiger partial charge in [-0.25, -0.2) is 13.8 Å². The van der Waals surface area contributed by atoms with Crippen LogP contribution in [-0.4, -0.2) is 21.2 Å². The largest absolute Gasteiger partial charge is 0.349 e. The Balaban J connectivity index is 1.52. The Labute approximate surface area is 148 Å². The molecule has 4 nitrogen and oxygen atoms in total. The minimum absolute atomic E-state index is 0.137. The van der Waals surface area contributed by atoms with E-state index in [0.717, 1.165) is 0 Å². The van der Waals surface area contributed by atoms with Crippen molar-refractivity contribution in [2.45, 2.75) is 17.9 Å². The molecule has 0 bridgehead atoms. The van der Waals surface area contributed by atoms with Crippen LogP contribution < -0.4 is 5.32 Å². The summed E-state index contributed by atoms with van der Waals surface area (Å²) < 4.78 is 28.6.